The Labute approximate surface area is 107 Å². The van der Waals surface area contributed by atoms with Crippen molar-refractivity contribution in [1.82, 2.24) is 0 Å². The van der Waals surface area contributed by atoms with Crippen LogP contribution in [0.5, 0.6) is 0 Å². The maximum Gasteiger partial charge on any atom is 0.0977 e. The van der Waals surface area contributed by atoms with Crippen LogP contribution in [0.3, 0.4) is 0 Å². The molecule has 0 aromatic heterocycles. The number of halogens is 1. The number of hydrogen-bond donors (Lipinski definition) is 1. The Morgan fingerprint density at radius 1 is 1.41 bits per heavy atom. The van der Waals surface area contributed by atoms with Gasteiger partial charge in [-0.15, -0.1) is 0 Å². The number of nitrogens with two attached hydrogens (primary N) is 1. The molecule has 2 N–H and O–H groups in total. The third-order valence-electron chi connectivity index (χ3n) is 2.90. The van der Waals surface area contributed by atoms with Crippen molar-refractivity contribution in [2.75, 3.05) is 13.2 Å². The Morgan fingerprint density at radius 2 is 2.12 bits per heavy atom. The van der Waals surface area contributed by atoms with Crippen molar-refractivity contribution < 1.29 is 9.47 Å². The molecule has 1 aromatic carbocycles. The third-order valence-corrected chi connectivity index (χ3v) is 3.16. The Balaban J connectivity index is 2.08. The first-order valence-corrected chi connectivity index (χ1v) is 6.29. The smallest absolute Gasteiger partial charge is 0.0977 e. The molecule has 3 atom stereocenters. The second-order valence-electron chi connectivity index (χ2n) is 4.45. The van der Waals surface area contributed by atoms with Crippen LogP contribution in [-0.4, -0.2) is 25.4 Å². The lowest BCUT2D eigenvalue weighted by molar-refractivity contribution is -0.0269. The number of rotatable bonds is 4. The average molecular weight is 256 g/mol. The van der Waals surface area contributed by atoms with Crippen LogP contribution >= 0.6 is 11.6 Å². The normalized spacial score (nSPS) is 23.6. The zero-order chi connectivity index (χ0) is 12.3. The molecule has 0 spiro atoms. The van der Waals surface area contributed by atoms with Gasteiger partial charge in [0.05, 0.1) is 18.8 Å². The predicted octanol–water partition coefficient (Wildman–Crippen LogP) is 2.53. The van der Waals surface area contributed by atoms with Crippen molar-refractivity contribution in [3.8, 4) is 0 Å². The summed E-state index contributed by atoms with van der Waals surface area (Å²) in [5.74, 6) is 0. The van der Waals surface area contributed by atoms with Gasteiger partial charge < -0.3 is 15.2 Å². The summed E-state index contributed by atoms with van der Waals surface area (Å²) < 4.78 is 11.3. The quantitative estimate of drug-likeness (QED) is 0.899. The van der Waals surface area contributed by atoms with E-state index in [0.29, 0.717) is 6.61 Å². The van der Waals surface area contributed by atoms with Crippen LogP contribution in [-0.2, 0) is 9.47 Å². The zero-order valence-electron chi connectivity index (χ0n) is 9.93. The van der Waals surface area contributed by atoms with Gasteiger partial charge in [-0.25, -0.2) is 0 Å². The lowest BCUT2D eigenvalue weighted by atomic mass is 10.0. The summed E-state index contributed by atoms with van der Waals surface area (Å²) >= 11 is 5.87. The monoisotopic (exact) mass is 255 g/mol. The van der Waals surface area contributed by atoms with E-state index < -0.39 is 0 Å². The highest BCUT2D eigenvalue weighted by molar-refractivity contribution is 6.30. The molecule has 3 unspecified atom stereocenters. The Bertz CT molecular complexity index is 347. The van der Waals surface area contributed by atoms with Crippen LogP contribution < -0.4 is 5.73 Å². The van der Waals surface area contributed by atoms with E-state index in [1.54, 1.807) is 0 Å². The van der Waals surface area contributed by atoms with E-state index in [9.17, 15) is 0 Å². The Hall–Kier alpha value is -0.610. The molecule has 1 aliphatic rings. The molecular formula is C13H18ClNO2. The minimum absolute atomic E-state index is 0.0585. The molecule has 1 saturated heterocycles. The van der Waals surface area contributed by atoms with Gasteiger partial charge in [0.25, 0.3) is 0 Å². The fraction of sp³-hybridized carbons (Fsp3) is 0.538. The summed E-state index contributed by atoms with van der Waals surface area (Å²) in [5.41, 5.74) is 7.05. The molecule has 4 heteroatoms. The summed E-state index contributed by atoms with van der Waals surface area (Å²) in [6.45, 7) is 3.39. The van der Waals surface area contributed by atoms with Gasteiger partial charge in [-0.2, -0.15) is 0 Å². The minimum Gasteiger partial charge on any atom is -0.379 e. The second kappa shape index (κ2) is 5.83. The molecule has 94 valence electrons. The standard InChI is InChI=1S/C13H18ClNO2/c1-9(15)13(17-12-6-7-16-8-12)10-2-4-11(14)5-3-10/h2-5,9,12-13H,6-8,15H2,1H3. The van der Waals surface area contributed by atoms with E-state index in [2.05, 4.69) is 0 Å². The van der Waals surface area contributed by atoms with Gasteiger partial charge in [-0.05, 0) is 31.0 Å². The van der Waals surface area contributed by atoms with E-state index in [1.807, 2.05) is 31.2 Å². The summed E-state index contributed by atoms with van der Waals surface area (Å²) in [4.78, 5) is 0. The molecule has 1 aliphatic heterocycles. The number of ether oxygens (including phenoxy) is 2. The van der Waals surface area contributed by atoms with E-state index >= 15 is 0 Å². The van der Waals surface area contributed by atoms with Gasteiger partial charge >= 0.3 is 0 Å². The molecule has 0 radical (unpaired) electrons. The molecule has 1 heterocycles. The zero-order valence-corrected chi connectivity index (χ0v) is 10.7. The molecule has 1 aromatic rings. The topological polar surface area (TPSA) is 44.5 Å². The average Bonchev–Trinajstić information content (AvgIpc) is 2.80. The SMILES string of the molecule is CC(N)C(OC1CCOC1)c1ccc(Cl)cc1. The number of hydrogen-bond acceptors (Lipinski definition) is 3. The first-order valence-electron chi connectivity index (χ1n) is 5.91. The van der Waals surface area contributed by atoms with Crippen LogP contribution in [0, 0.1) is 0 Å². The summed E-state index contributed by atoms with van der Waals surface area (Å²) in [6, 6.07) is 7.59. The molecule has 1 fully saturated rings. The second-order valence-corrected chi connectivity index (χ2v) is 4.89. The van der Waals surface area contributed by atoms with Gasteiger partial charge in [0.2, 0.25) is 0 Å². The van der Waals surface area contributed by atoms with Crippen LogP contribution in [0.2, 0.25) is 5.02 Å². The van der Waals surface area contributed by atoms with Crippen molar-refractivity contribution in [1.29, 1.82) is 0 Å². The minimum atomic E-state index is -0.0982. The van der Waals surface area contributed by atoms with Crippen molar-refractivity contribution in [2.45, 2.75) is 31.6 Å². The highest BCUT2D eigenvalue weighted by atomic mass is 35.5. The Kier molecular flexibility index (Phi) is 4.40. The van der Waals surface area contributed by atoms with Gasteiger partial charge in [0.1, 0.15) is 0 Å². The lowest BCUT2D eigenvalue weighted by Crippen LogP contribution is -2.30. The van der Waals surface area contributed by atoms with Crippen molar-refractivity contribution >= 4 is 11.6 Å². The van der Waals surface area contributed by atoms with Gasteiger partial charge in [0.15, 0.2) is 0 Å². The molecule has 17 heavy (non-hydrogen) atoms. The Morgan fingerprint density at radius 3 is 2.65 bits per heavy atom. The third kappa shape index (κ3) is 3.42. The number of benzene rings is 1. The highest BCUT2D eigenvalue weighted by Gasteiger charge is 2.24. The fourth-order valence-corrected chi connectivity index (χ4v) is 2.11. The van der Waals surface area contributed by atoms with Crippen LogP contribution in [0.15, 0.2) is 24.3 Å². The van der Waals surface area contributed by atoms with E-state index in [4.69, 9.17) is 26.8 Å². The van der Waals surface area contributed by atoms with Gasteiger partial charge in [-0.3, -0.25) is 0 Å². The maximum atomic E-state index is 6.01. The molecule has 0 aliphatic carbocycles. The van der Waals surface area contributed by atoms with Crippen molar-refractivity contribution in [3.05, 3.63) is 34.9 Å². The van der Waals surface area contributed by atoms with Crippen molar-refractivity contribution in [2.24, 2.45) is 5.73 Å². The molecular weight excluding hydrogens is 238 g/mol. The first-order chi connectivity index (χ1) is 8.16. The van der Waals surface area contributed by atoms with Gasteiger partial charge in [0, 0.05) is 17.7 Å². The van der Waals surface area contributed by atoms with E-state index in [1.165, 1.54) is 0 Å². The molecule has 3 nitrogen and oxygen atoms in total. The largest absolute Gasteiger partial charge is 0.379 e. The molecule has 0 amide bonds. The van der Waals surface area contributed by atoms with E-state index in [-0.39, 0.29) is 18.2 Å². The molecule has 2 rings (SSSR count). The maximum absolute atomic E-state index is 6.01. The molecule has 0 saturated carbocycles. The van der Waals surface area contributed by atoms with E-state index in [0.717, 1.165) is 23.6 Å². The fourth-order valence-electron chi connectivity index (χ4n) is 1.99. The predicted molar refractivity (Wildman–Crippen MR) is 68.2 cm³/mol. The van der Waals surface area contributed by atoms with Crippen LogP contribution in [0.25, 0.3) is 0 Å². The first kappa shape index (κ1) is 12.8. The van der Waals surface area contributed by atoms with Crippen molar-refractivity contribution in [3.63, 3.8) is 0 Å². The van der Waals surface area contributed by atoms with Crippen LogP contribution in [0.4, 0.5) is 0 Å². The molecule has 0 bridgehead atoms. The summed E-state index contributed by atoms with van der Waals surface area (Å²) in [5, 5.41) is 0.723. The summed E-state index contributed by atoms with van der Waals surface area (Å²) in [6.07, 6.45) is 0.997. The summed E-state index contributed by atoms with van der Waals surface area (Å²) in [7, 11) is 0. The highest BCUT2D eigenvalue weighted by Crippen LogP contribution is 2.25. The van der Waals surface area contributed by atoms with Gasteiger partial charge in [-0.1, -0.05) is 23.7 Å². The lowest BCUT2D eigenvalue weighted by Gasteiger charge is -2.25. The van der Waals surface area contributed by atoms with Crippen LogP contribution in [0.1, 0.15) is 25.0 Å².